The summed E-state index contributed by atoms with van der Waals surface area (Å²) < 4.78 is 0. The Morgan fingerprint density at radius 1 is 1.10 bits per heavy atom. The average molecular weight is 419 g/mol. The van der Waals surface area contributed by atoms with Crippen molar-refractivity contribution in [1.82, 2.24) is 20.4 Å². The Labute approximate surface area is 176 Å². The molecule has 0 saturated heterocycles. The zero-order valence-electron chi connectivity index (χ0n) is 16.1. The normalized spacial score (nSPS) is 10.1. The van der Waals surface area contributed by atoms with Crippen LogP contribution in [0.15, 0.2) is 48.8 Å². The Balaban J connectivity index is 1.69. The molecule has 2 aromatic heterocycles. The van der Waals surface area contributed by atoms with Gasteiger partial charge in [-0.1, -0.05) is 12.1 Å². The topological polar surface area (TPSA) is 185 Å². The largest absolute Gasteiger partial charge is 0.368 e. The molecule has 3 aromatic rings. The predicted molar refractivity (Wildman–Crippen MR) is 112 cm³/mol. The summed E-state index contributed by atoms with van der Waals surface area (Å²) in [5.41, 5.74) is 3.62. The maximum absolute atomic E-state index is 12.1. The van der Waals surface area contributed by atoms with Gasteiger partial charge in [0.1, 0.15) is 12.0 Å². The van der Waals surface area contributed by atoms with E-state index in [0.717, 1.165) is 0 Å². The van der Waals surface area contributed by atoms with Gasteiger partial charge in [-0.2, -0.15) is 5.26 Å². The van der Waals surface area contributed by atoms with Gasteiger partial charge in [0.2, 0.25) is 5.95 Å². The van der Waals surface area contributed by atoms with Crippen molar-refractivity contribution in [1.29, 1.82) is 5.26 Å². The minimum atomic E-state index is -0.545. The lowest BCUT2D eigenvalue weighted by molar-refractivity contribution is -0.385. The van der Waals surface area contributed by atoms with Gasteiger partial charge in [0.05, 0.1) is 27.8 Å². The van der Waals surface area contributed by atoms with Crippen LogP contribution < -0.4 is 21.9 Å². The summed E-state index contributed by atoms with van der Waals surface area (Å²) in [4.78, 5) is 34.7. The molecule has 0 atom stereocenters. The molecule has 12 heteroatoms. The maximum atomic E-state index is 12.1. The summed E-state index contributed by atoms with van der Waals surface area (Å²) in [5, 5.41) is 25.7. The van der Waals surface area contributed by atoms with Crippen LogP contribution in [0.25, 0.3) is 11.3 Å². The Morgan fingerprint density at radius 2 is 1.84 bits per heavy atom. The first-order valence-corrected chi connectivity index (χ1v) is 8.98. The van der Waals surface area contributed by atoms with Gasteiger partial charge < -0.3 is 10.6 Å². The van der Waals surface area contributed by atoms with Gasteiger partial charge >= 0.3 is 0 Å². The third-order valence-electron chi connectivity index (χ3n) is 4.12. The summed E-state index contributed by atoms with van der Waals surface area (Å²) >= 11 is 0. The van der Waals surface area contributed by atoms with E-state index in [2.05, 4.69) is 31.0 Å². The van der Waals surface area contributed by atoms with E-state index in [1.807, 2.05) is 6.07 Å². The molecule has 31 heavy (non-hydrogen) atoms. The quantitative estimate of drug-likeness (QED) is 0.137. The van der Waals surface area contributed by atoms with Gasteiger partial charge in [-0.15, -0.1) is 0 Å². The molecule has 156 valence electrons. The second-order valence-electron chi connectivity index (χ2n) is 6.13. The fraction of sp³-hybridized carbons (Fsp3) is 0.105. The highest BCUT2D eigenvalue weighted by Gasteiger charge is 2.15. The Kier molecular flexibility index (Phi) is 6.61. The lowest BCUT2D eigenvalue weighted by atomic mass is 10.1. The van der Waals surface area contributed by atoms with Gasteiger partial charge in [-0.05, 0) is 18.2 Å². The summed E-state index contributed by atoms with van der Waals surface area (Å²) in [6, 6.07) is 11.5. The molecule has 1 amide bonds. The van der Waals surface area contributed by atoms with E-state index in [4.69, 9.17) is 11.1 Å². The second kappa shape index (κ2) is 9.72. The van der Waals surface area contributed by atoms with Crippen molar-refractivity contribution in [2.75, 3.05) is 23.7 Å². The van der Waals surface area contributed by atoms with Gasteiger partial charge in [0, 0.05) is 30.9 Å². The van der Waals surface area contributed by atoms with E-state index in [9.17, 15) is 14.9 Å². The van der Waals surface area contributed by atoms with Crippen molar-refractivity contribution in [3.8, 4) is 17.3 Å². The number of nitrogens with two attached hydrogens (primary N) is 1. The Morgan fingerprint density at radius 3 is 2.45 bits per heavy atom. The molecule has 2 heterocycles. The molecule has 3 rings (SSSR count). The minimum absolute atomic E-state index is 0.0889. The number of amides is 1. The van der Waals surface area contributed by atoms with Crippen LogP contribution >= 0.6 is 0 Å². The fourth-order valence-electron chi connectivity index (χ4n) is 2.60. The third kappa shape index (κ3) is 5.25. The van der Waals surface area contributed by atoms with Crippen LogP contribution in [0.5, 0.6) is 0 Å². The number of nitrogens with one attached hydrogen (secondary N) is 3. The van der Waals surface area contributed by atoms with Crippen LogP contribution in [-0.4, -0.2) is 38.9 Å². The van der Waals surface area contributed by atoms with Crippen molar-refractivity contribution in [3.05, 3.63) is 70.0 Å². The smallest absolute Gasteiger partial charge is 0.287 e. The van der Waals surface area contributed by atoms with E-state index in [0.29, 0.717) is 35.7 Å². The van der Waals surface area contributed by atoms with Gasteiger partial charge in [-0.3, -0.25) is 20.3 Å². The van der Waals surface area contributed by atoms with Crippen LogP contribution in [0.2, 0.25) is 0 Å². The number of hydrazine groups is 1. The summed E-state index contributed by atoms with van der Waals surface area (Å²) in [7, 11) is 0. The molecule has 0 fully saturated rings. The molecule has 0 aliphatic carbocycles. The lowest BCUT2D eigenvalue weighted by Gasteiger charge is -2.11. The number of hydrogen-bond donors (Lipinski definition) is 4. The molecule has 12 nitrogen and oxygen atoms in total. The van der Waals surface area contributed by atoms with Crippen LogP contribution in [0, 0.1) is 21.4 Å². The van der Waals surface area contributed by atoms with E-state index >= 15 is 0 Å². The number of nitrogens with zero attached hydrogens (tertiary/aromatic N) is 5. The van der Waals surface area contributed by atoms with E-state index in [1.165, 1.54) is 24.5 Å². The second-order valence-corrected chi connectivity index (χ2v) is 6.13. The van der Waals surface area contributed by atoms with E-state index in [-0.39, 0.29) is 17.2 Å². The highest BCUT2D eigenvalue weighted by atomic mass is 16.6. The first-order valence-electron chi connectivity index (χ1n) is 8.98. The lowest BCUT2D eigenvalue weighted by Crippen LogP contribution is -2.31. The minimum Gasteiger partial charge on any atom is -0.368 e. The van der Waals surface area contributed by atoms with Crippen LogP contribution in [0.1, 0.15) is 15.9 Å². The number of aromatic nitrogens is 3. The van der Waals surface area contributed by atoms with Crippen molar-refractivity contribution in [3.63, 3.8) is 0 Å². The highest BCUT2D eigenvalue weighted by molar-refractivity contribution is 5.99. The number of benzene rings is 1. The number of pyridine rings is 1. The molecule has 0 bridgehead atoms. The fourth-order valence-corrected chi connectivity index (χ4v) is 2.60. The van der Waals surface area contributed by atoms with Gasteiger partial charge in [0.25, 0.3) is 11.6 Å². The average Bonchev–Trinajstić information content (AvgIpc) is 2.81. The molecule has 0 radical (unpaired) electrons. The molecular weight excluding hydrogens is 402 g/mol. The van der Waals surface area contributed by atoms with Gasteiger partial charge in [-0.25, -0.2) is 20.8 Å². The van der Waals surface area contributed by atoms with Crippen molar-refractivity contribution in [2.24, 2.45) is 5.84 Å². The SMILES string of the molecule is N#Cc1ccc(-c2nc(NCCNc3ccc([N+](=O)[O-])cn3)ncc2C(=O)NN)cc1. The molecule has 1 aromatic carbocycles. The number of carbonyl (C=O) groups is 1. The zero-order chi connectivity index (χ0) is 22.2. The maximum Gasteiger partial charge on any atom is 0.287 e. The Bertz CT molecular complexity index is 1130. The first-order chi connectivity index (χ1) is 15.0. The highest BCUT2D eigenvalue weighted by Crippen LogP contribution is 2.23. The molecule has 0 unspecified atom stereocenters. The number of rotatable bonds is 8. The molecule has 0 saturated carbocycles. The van der Waals surface area contributed by atoms with Crippen LogP contribution in [0.3, 0.4) is 0 Å². The molecule has 5 N–H and O–H groups in total. The molecular formula is C19H17N9O3. The summed E-state index contributed by atoms with van der Waals surface area (Å²) in [5.74, 6) is 5.48. The number of hydrogen-bond acceptors (Lipinski definition) is 10. The number of nitriles is 1. The predicted octanol–water partition coefficient (Wildman–Crippen LogP) is 1.45. The molecule has 0 aliphatic heterocycles. The standard InChI is InChI=1S/C19H17N9O3/c20-9-12-1-3-13(4-2-12)17-15(18(29)27-21)11-25-19(26-17)23-8-7-22-16-6-5-14(10-24-16)28(30)31/h1-6,10-11H,7-8,21H2,(H,22,24)(H,27,29)(H,23,25,26). The Hall–Kier alpha value is -4.63. The van der Waals surface area contributed by atoms with Crippen molar-refractivity contribution < 1.29 is 9.72 Å². The molecule has 0 spiro atoms. The summed E-state index contributed by atoms with van der Waals surface area (Å²) in [6.45, 7) is 0.847. The van der Waals surface area contributed by atoms with Crippen LogP contribution in [-0.2, 0) is 0 Å². The molecule has 0 aliphatic rings. The monoisotopic (exact) mass is 419 g/mol. The zero-order valence-corrected chi connectivity index (χ0v) is 16.1. The van der Waals surface area contributed by atoms with Crippen LogP contribution in [0.4, 0.5) is 17.5 Å². The van der Waals surface area contributed by atoms with Crippen molar-refractivity contribution >= 4 is 23.4 Å². The number of nitrogen functional groups attached to an aromatic ring is 1. The number of nitro groups is 1. The third-order valence-corrected chi connectivity index (χ3v) is 4.12. The first kappa shape index (κ1) is 21.1. The van der Waals surface area contributed by atoms with Crippen molar-refractivity contribution in [2.45, 2.75) is 0 Å². The van der Waals surface area contributed by atoms with E-state index < -0.39 is 10.8 Å². The number of carbonyl (C=O) groups excluding carboxylic acids is 1. The number of anilines is 2. The van der Waals surface area contributed by atoms with E-state index in [1.54, 1.807) is 24.3 Å². The van der Waals surface area contributed by atoms with Gasteiger partial charge in [0.15, 0.2) is 0 Å². The summed E-state index contributed by atoms with van der Waals surface area (Å²) in [6.07, 6.45) is 2.53.